The quantitative estimate of drug-likeness (QED) is 0.807. The van der Waals surface area contributed by atoms with E-state index in [1.165, 1.54) is 23.2 Å². The molecule has 0 radical (unpaired) electrons. The van der Waals surface area contributed by atoms with Gasteiger partial charge in [-0.2, -0.15) is 0 Å². The molecule has 1 aromatic heterocycles. The first kappa shape index (κ1) is 15.5. The number of carbonyl (C=O) groups excluding carboxylic acids is 1. The van der Waals surface area contributed by atoms with Crippen molar-refractivity contribution in [2.24, 2.45) is 0 Å². The van der Waals surface area contributed by atoms with Gasteiger partial charge in [-0.05, 0) is 37.3 Å². The largest absolute Gasteiger partial charge is 0.462 e. The topological polar surface area (TPSA) is 34.5 Å². The van der Waals surface area contributed by atoms with Gasteiger partial charge >= 0.3 is 5.97 Å². The molecule has 0 spiro atoms. The van der Waals surface area contributed by atoms with Gasteiger partial charge in [0.25, 0.3) is 0 Å². The van der Waals surface area contributed by atoms with E-state index in [9.17, 15) is 4.79 Å². The number of nitrogens with zero attached hydrogens (tertiary/aromatic N) is 2. The molecular weight excluding hydrogens is 300 g/mol. The molecule has 0 saturated carbocycles. The van der Waals surface area contributed by atoms with Crippen LogP contribution in [0.4, 0.5) is 0 Å². The predicted molar refractivity (Wildman–Crippen MR) is 92.9 cm³/mol. The molecule has 4 nitrogen and oxygen atoms in total. The third-order valence-electron chi connectivity index (χ3n) is 5.24. The van der Waals surface area contributed by atoms with Crippen LogP contribution in [0, 0.1) is 0 Å². The highest BCUT2D eigenvalue weighted by Gasteiger charge is 2.35. The van der Waals surface area contributed by atoms with Gasteiger partial charge in [0.15, 0.2) is 0 Å². The normalized spacial score (nSPS) is 19.8. The first-order valence-corrected chi connectivity index (χ1v) is 8.95. The molecule has 1 aromatic carbocycles. The molecule has 0 amide bonds. The maximum atomic E-state index is 12.3. The number of aromatic nitrogens is 1. The van der Waals surface area contributed by atoms with E-state index in [4.69, 9.17) is 4.74 Å². The second-order valence-electron chi connectivity index (χ2n) is 6.68. The smallest absolute Gasteiger partial charge is 0.339 e. The minimum absolute atomic E-state index is 0.162. The molecule has 0 saturated heterocycles. The summed E-state index contributed by atoms with van der Waals surface area (Å²) in [5, 5.41) is 0. The minimum Gasteiger partial charge on any atom is -0.462 e. The van der Waals surface area contributed by atoms with Crippen molar-refractivity contribution in [1.29, 1.82) is 0 Å². The van der Waals surface area contributed by atoms with Gasteiger partial charge in [-0.25, -0.2) is 4.79 Å². The maximum Gasteiger partial charge on any atom is 0.339 e. The number of hydrogen-bond donors (Lipinski definition) is 0. The average Bonchev–Trinajstić information content (AvgIpc) is 2.99. The summed E-state index contributed by atoms with van der Waals surface area (Å²) in [6.07, 6.45) is 5.33. The lowest BCUT2D eigenvalue weighted by Gasteiger charge is -2.40. The molecule has 1 aliphatic carbocycles. The fourth-order valence-electron chi connectivity index (χ4n) is 4.20. The van der Waals surface area contributed by atoms with Gasteiger partial charge in [0.05, 0.1) is 18.2 Å². The summed E-state index contributed by atoms with van der Waals surface area (Å²) in [5.74, 6) is -0.162. The molecule has 4 heteroatoms. The molecule has 24 heavy (non-hydrogen) atoms. The zero-order chi connectivity index (χ0) is 16.5. The third kappa shape index (κ3) is 2.65. The SMILES string of the molecule is CCOC(=O)c1cn2c3c1CCC[C@@H]3N(Cc1ccccc1)CC2. The molecule has 1 atom stereocenters. The highest BCUT2D eigenvalue weighted by molar-refractivity contribution is 5.91. The Morgan fingerprint density at radius 2 is 2.08 bits per heavy atom. The number of hydrogen-bond acceptors (Lipinski definition) is 3. The highest BCUT2D eigenvalue weighted by Crippen LogP contribution is 2.40. The standard InChI is InChI=1S/C20H24N2O2/c1-2-24-20(23)17-14-22-12-11-21(13-15-7-4-3-5-8-15)18-10-6-9-16(17)19(18)22/h3-5,7-8,14,18H,2,6,9-13H2,1H3/t18-/m0/s1. The second kappa shape index (κ2) is 6.44. The summed E-state index contributed by atoms with van der Waals surface area (Å²) >= 11 is 0. The molecular formula is C20H24N2O2. The van der Waals surface area contributed by atoms with Crippen LogP contribution in [0.5, 0.6) is 0 Å². The van der Waals surface area contributed by atoms with E-state index in [1.807, 2.05) is 13.1 Å². The molecule has 2 aromatic rings. The van der Waals surface area contributed by atoms with Crippen molar-refractivity contribution in [2.45, 2.75) is 45.3 Å². The Morgan fingerprint density at radius 1 is 1.25 bits per heavy atom. The molecule has 0 fully saturated rings. The van der Waals surface area contributed by atoms with Gasteiger partial charge in [-0.1, -0.05) is 30.3 Å². The van der Waals surface area contributed by atoms with Crippen LogP contribution >= 0.6 is 0 Å². The molecule has 0 bridgehead atoms. The van der Waals surface area contributed by atoms with Gasteiger partial charge in [-0.15, -0.1) is 0 Å². The number of benzene rings is 1. The lowest BCUT2D eigenvalue weighted by Crippen LogP contribution is -2.39. The van der Waals surface area contributed by atoms with Crippen LogP contribution in [0.3, 0.4) is 0 Å². The molecule has 0 N–H and O–H groups in total. The second-order valence-corrected chi connectivity index (χ2v) is 6.68. The van der Waals surface area contributed by atoms with Crippen molar-refractivity contribution in [3.63, 3.8) is 0 Å². The van der Waals surface area contributed by atoms with E-state index < -0.39 is 0 Å². The lowest BCUT2D eigenvalue weighted by atomic mass is 9.89. The summed E-state index contributed by atoms with van der Waals surface area (Å²) < 4.78 is 7.56. The van der Waals surface area contributed by atoms with Crippen molar-refractivity contribution in [2.75, 3.05) is 13.2 Å². The van der Waals surface area contributed by atoms with Gasteiger partial charge in [-0.3, -0.25) is 4.90 Å². The minimum atomic E-state index is -0.162. The molecule has 2 aliphatic rings. The van der Waals surface area contributed by atoms with Crippen molar-refractivity contribution in [3.05, 3.63) is 58.9 Å². The van der Waals surface area contributed by atoms with Crippen LogP contribution < -0.4 is 0 Å². The highest BCUT2D eigenvalue weighted by atomic mass is 16.5. The van der Waals surface area contributed by atoms with Crippen molar-refractivity contribution < 1.29 is 9.53 Å². The monoisotopic (exact) mass is 324 g/mol. The Labute approximate surface area is 143 Å². The molecule has 126 valence electrons. The first-order valence-electron chi connectivity index (χ1n) is 8.95. The van der Waals surface area contributed by atoms with Crippen LogP contribution in [0.2, 0.25) is 0 Å². The fraction of sp³-hybridized carbons (Fsp3) is 0.450. The van der Waals surface area contributed by atoms with E-state index >= 15 is 0 Å². The predicted octanol–water partition coefficient (Wildman–Crippen LogP) is 3.56. The summed E-state index contributed by atoms with van der Waals surface area (Å²) in [5.41, 5.74) is 4.72. The molecule has 0 unspecified atom stereocenters. The number of rotatable bonds is 4. The Bertz CT molecular complexity index is 736. The first-order chi connectivity index (χ1) is 11.8. The number of esters is 1. The van der Waals surface area contributed by atoms with Gasteiger partial charge < -0.3 is 9.30 Å². The summed E-state index contributed by atoms with van der Waals surface area (Å²) in [6.45, 7) is 5.26. The van der Waals surface area contributed by atoms with Crippen molar-refractivity contribution in [1.82, 2.24) is 9.47 Å². The van der Waals surface area contributed by atoms with Gasteiger partial charge in [0, 0.05) is 31.5 Å². The summed E-state index contributed by atoms with van der Waals surface area (Å²) in [4.78, 5) is 14.9. The maximum absolute atomic E-state index is 12.3. The lowest BCUT2D eigenvalue weighted by molar-refractivity contribution is 0.0525. The van der Waals surface area contributed by atoms with E-state index in [1.54, 1.807) is 0 Å². The Balaban J connectivity index is 1.65. The average molecular weight is 324 g/mol. The summed E-state index contributed by atoms with van der Waals surface area (Å²) in [6, 6.07) is 11.1. The Morgan fingerprint density at radius 3 is 2.88 bits per heavy atom. The fourth-order valence-corrected chi connectivity index (χ4v) is 4.20. The van der Waals surface area contributed by atoms with Crippen LogP contribution in [0.25, 0.3) is 0 Å². The van der Waals surface area contributed by atoms with Crippen LogP contribution in [-0.4, -0.2) is 28.6 Å². The van der Waals surface area contributed by atoms with Crippen molar-refractivity contribution in [3.8, 4) is 0 Å². The van der Waals surface area contributed by atoms with E-state index in [2.05, 4.69) is 39.8 Å². The zero-order valence-electron chi connectivity index (χ0n) is 14.2. The number of ether oxygens (including phenoxy) is 1. The number of carbonyl (C=O) groups is 1. The Kier molecular flexibility index (Phi) is 4.15. The molecule has 1 aliphatic heterocycles. The van der Waals surface area contributed by atoms with E-state index in [-0.39, 0.29) is 5.97 Å². The third-order valence-corrected chi connectivity index (χ3v) is 5.24. The van der Waals surface area contributed by atoms with Crippen LogP contribution in [0.15, 0.2) is 36.5 Å². The molecule has 2 heterocycles. The Hall–Kier alpha value is -2.07. The van der Waals surface area contributed by atoms with E-state index in [0.717, 1.165) is 38.0 Å². The van der Waals surface area contributed by atoms with E-state index in [0.29, 0.717) is 12.6 Å². The van der Waals surface area contributed by atoms with Crippen LogP contribution in [-0.2, 0) is 24.2 Å². The van der Waals surface area contributed by atoms with Gasteiger partial charge in [0.1, 0.15) is 0 Å². The molecule has 4 rings (SSSR count). The zero-order valence-corrected chi connectivity index (χ0v) is 14.2. The van der Waals surface area contributed by atoms with Crippen LogP contribution in [0.1, 0.15) is 53.0 Å². The summed E-state index contributed by atoms with van der Waals surface area (Å²) in [7, 11) is 0. The van der Waals surface area contributed by atoms with Crippen molar-refractivity contribution >= 4 is 5.97 Å². The van der Waals surface area contributed by atoms with Gasteiger partial charge in [0.2, 0.25) is 0 Å².